The van der Waals surface area contributed by atoms with Crippen molar-refractivity contribution in [1.29, 1.82) is 0 Å². The summed E-state index contributed by atoms with van der Waals surface area (Å²) in [6, 6.07) is 35.0. The highest BCUT2D eigenvalue weighted by Crippen LogP contribution is 2.36. The highest BCUT2D eigenvalue weighted by Gasteiger charge is 2.16. The van der Waals surface area contributed by atoms with Gasteiger partial charge in [0.25, 0.3) is 0 Å². The van der Waals surface area contributed by atoms with Crippen molar-refractivity contribution in [3.8, 4) is 0 Å². The molecule has 0 spiro atoms. The van der Waals surface area contributed by atoms with Gasteiger partial charge in [0.1, 0.15) is 0 Å². The van der Waals surface area contributed by atoms with Crippen LogP contribution in [0.5, 0.6) is 0 Å². The summed E-state index contributed by atoms with van der Waals surface area (Å²) < 4.78 is 0. The zero-order valence-corrected chi connectivity index (χ0v) is 26.2. The number of hydrogen-bond donors (Lipinski definition) is 1. The third-order valence-corrected chi connectivity index (χ3v) is 7.28. The molecule has 0 saturated heterocycles. The molecule has 0 bridgehead atoms. The van der Waals surface area contributed by atoms with Gasteiger partial charge in [-0.25, -0.2) is 0 Å². The van der Waals surface area contributed by atoms with E-state index in [0.29, 0.717) is 0 Å². The van der Waals surface area contributed by atoms with E-state index in [-0.39, 0.29) is 0 Å². The molecule has 1 aliphatic carbocycles. The van der Waals surface area contributed by atoms with E-state index in [1.165, 1.54) is 67.8 Å². The van der Waals surface area contributed by atoms with E-state index in [4.69, 9.17) is 0 Å². The van der Waals surface area contributed by atoms with Crippen LogP contribution < -0.4 is 0 Å². The number of allylic oxidation sites excluding steroid dienone is 5. The van der Waals surface area contributed by atoms with Gasteiger partial charge in [0.05, 0.1) is 0 Å². The van der Waals surface area contributed by atoms with Gasteiger partial charge in [0, 0.05) is 0 Å². The molecule has 0 radical (unpaired) electrons. The molecule has 0 atom stereocenters. The lowest BCUT2D eigenvalue weighted by molar-refractivity contribution is 0.957. The van der Waals surface area contributed by atoms with Gasteiger partial charge >= 0.3 is 0 Å². The van der Waals surface area contributed by atoms with E-state index in [0.717, 1.165) is 6.42 Å². The average Bonchev–Trinajstić information content (AvgIpc) is 3.04. The lowest BCUT2D eigenvalue weighted by Gasteiger charge is -2.20. The summed E-state index contributed by atoms with van der Waals surface area (Å²) in [6.07, 6.45) is 13.1. The molecular formula is C40H44S. The number of hydrogen-bond acceptors (Lipinski definition) is 1. The highest BCUT2D eigenvalue weighted by atomic mass is 32.1. The topological polar surface area (TPSA) is 0 Å². The lowest BCUT2D eigenvalue weighted by atomic mass is 9.84. The number of benzene rings is 5. The first-order valence-electron chi connectivity index (χ1n) is 14.6. The van der Waals surface area contributed by atoms with Gasteiger partial charge in [-0.15, -0.1) is 0 Å². The maximum atomic E-state index is 3.77. The van der Waals surface area contributed by atoms with Crippen molar-refractivity contribution in [2.24, 2.45) is 0 Å². The lowest BCUT2D eigenvalue weighted by Crippen LogP contribution is -2.02. The predicted molar refractivity (Wildman–Crippen MR) is 189 cm³/mol. The normalized spacial score (nSPS) is 11.7. The molecular weight excluding hydrogens is 513 g/mol. The molecule has 0 N–H and O–H groups in total. The van der Waals surface area contributed by atoms with Crippen LogP contribution in [0.1, 0.15) is 54.2 Å². The first kappa shape index (κ1) is 31.7. The molecule has 5 aromatic carbocycles. The SMILES string of the molecule is C=C/C=C(\C=C/C)c1ccc(Cc2ccccc2)cc1.CC.CS.Cc1ccc2ccc3cccc4c3c2c1CC4. The van der Waals surface area contributed by atoms with Crippen LogP contribution in [0.4, 0.5) is 0 Å². The van der Waals surface area contributed by atoms with Crippen molar-refractivity contribution in [2.75, 3.05) is 6.26 Å². The molecule has 0 fully saturated rings. The summed E-state index contributed by atoms with van der Waals surface area (Å²) in [6.45, 7) is 12.0. The predicted octanol–water partition coefficient (Wildman–Crippen LogP) is 11.4. The van der Waals surface area contributed by atoms with E-state index in [1.54, 1.807) is 11.8 Å². The van der Waals surface area contributed by atoms with E-state index < -0.39 is 0 Å². The molecule has 0 unspecified atom stereocenters. The first-order chi connectivity index (χ1) is 20.2. The van der Waals surface area contributed by atoms with Crippen molar-refractivity contribution in [3.05, 3.63) is 161 Å². The summed E-state index contributed by atoms with van der Waals surface area (Å²) in [5.74, 6) is 0. The minimum Gasteiger partial charge on any atom is -0.183 e. The van der Waals surface area contributed by atoms with Gasteiger partial charge in [0.2, 0.25) is 0 Å². The summed E-state index contributed by atoms with van der Waals surface area (Å²) in [5.41, 5.74) is 9.61. The van der Waals surface area contributed by atoms with Gasteiger partial charge in [-0.2, -0.15) is 12.6 Å². The second-order valence-electron chi connectivity index (χ2n) is 9.76. The van der Waals surface area contributed by atoms with Gasteiger partial charge in [-0.1, -0.05) is 142 Å². The molecule has 5 aromatic rings. The smallest absolute Gasteiger partial charge is 0.00258 e. The van der Waals surface area contributed by atoms with E-state index in [9.17, 15) is 0 Å². The third-order valence-electron chi connectivity index (χ3n) is 7.28. The van der Waals surface area contributed by atoms with Crippen molar-refractivity contribution < 1.29 is 0 Å². The zero-order valence-electron chi connectivity index (χ0n) is 25.3. The second-order valence-corrected chi connectivity index (χ2v) is 9.76. The van der Waals surface area contributed by atoms with E-state index in [2.05, 4.69) is 129 Å². The van der Waals surface area contributed by atoms with E-state index >= 15 is 0 Å². The quantitative estimate of drug-likeness (QED) is 0.124. The van der Waals surface area contributed by atoms with Crippen LogP contribution in [0.3, 0.4) is 0 Å². The van der Waals surface area contributed by atoms with Crippen molar-refractivity contribution in [3.63, 3.8) is 0 Å². The van der Waals surface area contributed by atoms with Gasteiger partial charge in [0.15, 0.2) is 0 Å². The standard InChI is InChI=1S/C20H20.C17H14.C2H6.CH4S/c1-3-8-19(9-4-2)20-14-12-18(13-15-20)16-17-10-6-5-7-11-17;1-11-5-6-14-8-7-12-3-2-4-13-9-10-15(11)17(14)16(12)13;2*1-2/h3-15H,1,16H2,2H3;2-8H,9-10H2,1H3;1-2H3;2H,1H3/b9-4-,19-8+;;;. The molecule has 1 heteroatoms. The maximum absolute atomic E-state index is 3.77. The van der Waals surface area contributed by atoms with Crippen molar-refractivity contribution in [2.45, 2.75) is 47.0 Å². The Bertz CT molecular complexity index is 1600. The monoisotopic (exact) mass is 556 g/mol. The minimum absolute atomic E-state index is 0.977. The Morgan fingerprint density at radius 2 is 1.37 bits per heavy atom. The molecule has 0 aliphatic heterocycles. The molecule has 0 aromatic heterocycles. The Morgan fingerprint density at radius 1 is 0.732 bits per heavy atom. The second kappa shape index (κ2) is 16.5. The Balaban J connectivity index is 0.000000203. The average molecular weight is 557 g/mol. The molecule has 210 valence electrons. The highest BCUT2D eigenvalue weighted by molar-refractivity contribution is 7.79. The zero-order chi connectivity index (χ0) is 29.6. The van der Waals surface area contributed by atoms with E-state index in [1.807, 2.05) is 39.0 Å². The van der Waals surface area contributed by atoms with Crippen LogP contribution in [-0.4, -0.2) is 6.26 Å². The molecule has 41 heavy (non-hydrogen) atoms. The molecule has 0 heterocycles. The van der Waals surface area contributed by atoms with Crippen LogP contribution in [0.15, 0.2) is 128 Å². The fourth-order valence-corrected chi connectivity index (χ4v) is 5.44. The first-order valence-corrected chi connectivity index (χ1v) is 15.5. The van der Waals surface area contributed by atoms with Crippen LogP contribution in [0.2, 0.25) is 0 Å². The van der Waals surface area contributed by atoms with Gasteiger partial charge in [-0.05, 0) is 99.9 Å². The molecule has 0 amide bonds. The fourth-order valence-electron chi connectivity index (χ4n) is 5.44. The largest absolute Gasteiger partial charge is 0.183 e. The maximum Gasteiger partial charge on any atom is -0.00258 e. The number of rotatable bonds is 5. The molecule has 1 aliphatic rings. The summed E-state index contributed by atoms with van der Waals surface area (Å²) in [4.78, 5) is 0. The molecule has 6 rings (SSSR count). The summed E-state index contributed by atoms with van der Waals surface area (Å²) in [5, 5.41) is 5.78. The minimum atomic E-state index is 0.977. The van der Waals surface area contributed by atoms with Gasteiger partial charge in [-0.3, -0.25) is 0 Å². The van der Waals surface area contributed by atoms with Crippen LogP contribution in [0, 0.1) is 6.92 Å². The van der Waals surface area contributed by atoms with Crippen LogP contribution in [-0.2, 0) is 19.3 Å². The number of thiol groups is 1. The third kappa shape index (κ3) is 7.90. The van der Waals surface area contributed by atoms with Crippen molar-refractivity contribution >= 4 is 39.7 Å². The number of aryl methyl sites for hydroxylation is 3. The van der Waals surface area contributed by atoms with Gasteiger partial charge < -0.3 is 0 Å². The summed E-state index contributed by atoms with van der Waals surface area (Å²) >= 11 is 3.53. The Kier molecular flexibility index (Phi) is 12.7. The van der Waals surface area contributed by atoms with Crippen LogP contribution >= 0.6 is 12.6 Å². The Morgan fingerprint density at radius 3 is 2.02 bits per heavy atom. The molecule has 0 saturated carbocycles. The summed E-state index contributed by atoms with van der Waals surface area (Å²) in [7, 11) is 0. The fraction of sp³-hybridized carbons (Fsp3) is 0.200. The van der Waals surface area contributed by atoms with Crippen LogP contribution in [0.25, 0.3) is 27.1 Å². The molecule has 0 nitrogen and oxygen atoms in total. The van der Waals surface area contributed by atoms with Crippen molar-refractivity contribution in [1.82, 2.24) is 0 Å². The Labute approximate surface area is 253 Å². The Hall–Kier alpha value is -3.81.